The molecular formula is C32H28ClN3O9S2. The molecular weight excluding hydrogens is 670 g/mol. The average Bonchev–Trinajstić information content (AvgIpc) is 3.44. The second-order valence-electron chi connectivity index (χ2n) is 10.5. The first-order valence-corrected chi connectivity index (χ1v) is 17.5. The molecule has 5 aromatic rings. The maximum absolute atomic E-state index is 14.3. The SMILES string of the molecule is COc1ccc(-c2cncc(OCC3CN(S(=O)(=O)c4c(C(=O)O)n(S(=O)(=O)c5ccccc5)c5ccc(Cl)cc45)CCO3)c2)cc1. The van der Waals surface area contributed by atoms with Gasteiger partial charge in [-0.1, -0.05) is 41.9 Å². The summed E-state index contributed by atoms with van der Waals surface area (Å²) in [5.41, 5.74) is 0.608. The number of aromatic nitrogens is 2. The molecule has 0 saturated carbocycles. The minimum absolute atomic E-state index is 0.0124. The third kappa shape index (κ3) is 6.30. The summed E-state index contributed by atoms with van der Waals surface area (Å²) in [7, 11) is -7.58. The van der Waals surface area contributed by atoms with Crippen LogP contribution in [0.4, 0.5) is 0 Å². The van der Waals surface area contributed by atoms with Crippen LogP contribution in [-0.2, 0) is 24.8 Å². The maximum Gasteiger partial charge on any atom is 0.355 e. The molecule has 1 unspecified atom stereocenters. The summed E-state index contributed by atoms with van der Waals surface area (Å²) in [6.07, 6.45) is 2.47. The first-order valence-electron chi connectivity index (χ1n) is 14.2. The number of carbonyl (C=O) groups is 1. The van der Waals surface area contributed by atoms with E-state index in [2.05, 4.69) is 4.98 Å². The number of benzene rings is 3. The van der Waals surface area contributed by atoms with E-state index in [1.807, 2.05) is 24.3 Å². The van der Waals surface area contributed by atoms with E-state index in [-0.39, 0.29) is 47.1 Å². The van der Waals surface area contributed by atoms with E-state index >= 15 is 0 Å². The van der Waals surface area contributed by atoms with Crippen molar-refractivity contribution < 1.29 is 40.9 Å². The van der Waals surface area contributed by atoms with Gasteiger partial charge in [0.05, 0.1) is 30.3 Å². The van der Waals surface area contributed by atoms with E-state index in [0.717, 1.165) is 15.4 Å². The first-order chi connectivity index (χ1) is 22.5. The largest absolute Gasteiger partial charge is 0.497 e. The number of methoxy groups -OCH3 is 1. The summed E-state index contributed by atoms with van der Waals surface area (Å²) in [6.45, 7) is -0.347. The molecule has 3 aromatic carbocycles. The van der Waals surface area contributed by atoms with Gasteiger partial charge in [0.15, 0.2) is 5.69 Å². The van der Waals surface area contributed by atoms with Crippen molar-refractivity contribution in [2.24, 2.45) is 0 Å². The highest BCUT2D eigenvalue weighted by Crippen LogP contribution is 2.37. The van der Waals surface area contributed by atoms with E-state index in [1.165, 1.54) is 48.7 Å². The molecule has 1 saturated heterocycles. The number of hydrogen-bond acceptors (Lipinski definition) is 9. The molecule has 0 amide bonds. The Kier molecular flexibility index (Phi) is 8.96. The van der Waals surface area contributed by atoms with Gasteiger partial charge in [-0.2, -0.15) is 4.31 Å². The number of rotatable bonds is 10. The molecule has 1 N–H and O–H groups in total. The number of nitrogens with zero attached hydrogens (tertiary/aromatic N) is 3. The van der Waals surface area contributed by atoms with Gasteiger partial charge in [-0.3, -0.25) is 4.98 Å². The number of carboxylic acids is 1. The quantitative estimate of drug-likeness (QED) is 0.216. The lowest BCUT2D eigenvalue weighted by Crippen LogP contribution is -2.47. The first kappa shape index (κ1) is 32.5. The van der Waals surface area contributed by atoms with Crippen LogP contribution in [0.15, 0.2) is 101 Å². The Morgan fingerprint density at radius 3 is 2.40 bits per heavy atom. The zero-order valence-electron chi connectivity index (χ0n) is 24.8. The van der Waals surface area contributed by atoms with Gasteiger partial charge in [-0.15, -0.1) is 0 Å². The van der Waals surface area contributed by atoms with E-state index in [1.54, 1.807) is 25.4 Å². The van der Waals surface area contributed by atoms with Crippen molar-refractivity contribution in [2.45, 2.75) is 15.9 Å². The van der Waals surface area contributed by atoms with Gasteiger partial charge in [0, 0.05) is 35.3 Å². The van der Waals surface area contributed by atoms with E-state index in [4.69, 9.17) is 25.8 Å². The highest BCUT2D eigenvalue weighted by atomic mass is 35.5. The van der Waals surface area contributed by atoms with Crippen LogP contribution < -0.4 is 9.47 Å². The molecule has 1 aliphatic heterocycles. The molecule has 15 heteroatoms. The van der Waals surface area contributed by atoms with Crippen LogP contribution in [0.25, 0.3) is 22.0 Å². The van der Waals surface area contributed by atoms with Gasteiger partial charge < -0.3 is 19.3 Å². The lowest BCUT2D eigenvalue weighted by Gasteiger charge is -2.32. The normalized spacial score (nSPS) is 15.8. The molecule has 244 valence electrons. The smallest absolute Gasteiger partial charge is 0.355 e. The molecule has 1 atom stereocenters. The summed E-state index contributed by atoms with van der Waals surface area (Å²) in [4.78, 5) is 16.1. The Hall–Kier alpha value is -4.47. The van der Waals surface area contributed by atoms with Crippen molar-refractivity contribution >= 4 is 48.5 Å². The number of ether oxygens (including phenoxy) is 3. The molecule has 12 nitrogen and oxygen atoms in total. The topological polar surface area (TPSA) is 154 Å². The average molecular weight is 698 g/mol. The van der Waals surface area contributed by atoms with Crippen LogP contribution in [0, 0.1) is 0 Å². The third-order valence-corrected chi connectivity index (χ3v) is 11.5. The van der Waals surface area contributed by atoms with Crippen LogP contribution in [0.3, 0.4) is 0 Å². The number of fused-ring (bicyclic) bond motifs is 1. The Labute approximate surface area is 275 Å². The fourth-order valence-electron chi connectivity index (χ4n) is 5.37. The summed E-state index contributed by atoms with van der Waals surface area (Å²) < 4.78 is 74.7. The van der Waals surface area contributed by atoms with Crippen molar-refractivity contribution in [3.05, 3.63) is 102 Å². The Bertz CT molecular complexity index is 2170. The zero-order valence-corrected chi connectivity index (χ0v) is 27.2. The summed E-state index contributed by atoms with van der Waals surface area (Å²) in [6, 6.07) is 20.3. The highest BCUT2D eigenvalue weighted by Gasteiger charge is 2.40. The number of carboxylic acid groups (broad SMARTS) is 1. The van der Waals surface area contributed by atoms with E-state index in [9.17, 15) is 26.7 Å². The standard InChI is InChI=1S/C32H28ClN3O9S2/c1-43-24-10-7-21(8-11-24)22-15-25(18-34-17-22)45-20-26-19-35(13-14-44-26)47(41,42)31-28-16-23(33)9-12-29(28)36(30(31)32(37)38)46(39,40)27-5-3-2-4-6-27/h2-12,15-18,26H,13-14,19-20H2,1H3,(H,37,38). The van der Waals surface area contributed by atoms with Crippen LogP contribution >= 0.6 is 11.6 Å². The zero-order chi connectivity index (χ0) is 33.3. The number of pyridine rings is 1. The fraction of sp³-hybridized carbons (Fsp3) is 0.188. The summed E-state index contributed by atoms with van der Waals surface area (Å²) in [5, 5.41) is 10.3. The molecule has 3 heterocycles. The van der Waals surface area contributed by atoms with Crippen LogP contribution in [0.2, 0.25) is 5.02 Å². The molecule has 2 aromatic heterocycles. The van der Waals surface area contributed by atoms with Crippen LogP contribution in [-0.4, -0.2) is 80.7 Å². The monoisotopic (exact) mass is 697 g/mol. The number of morpholine rings is 1. The Morgan fingerprint density at radius 2 is 1.70 bits per heavy atom. The van der Waals surface area contributed by atoms with Crippen molar-refractivity contribution in [1.82, 2.24) is 13.3 Å². The maximum atomic E-state index is 14.3. The molecule has 0 aliphatic carbocycles. The van der Waals surface area contributed by atoms with Gasteiger partial charge in [-0.25, -0.2) is 25.6 Å². The molecule has 6 rings (SSSR count). The minimum atomic E-state index is -4.62. The van der Waals surface area contributed by atoms with Gasteiger partial charge in [0.1, 0.15) is 29.1 Å². The van der Waals surface area contributed by atoms with Crippen LogP contribution in [0.5, 0.6) is 11.5 Å². The van der Waals surface area contributed by atoms with Gasteiger partial charge in [0.25, 0.3) is 10.0 Å². The molecule has 1 fully saturated rings. The second-order valence-corrected chi connectivity index (χ2v) is 14.6. The third-order valence-electron chi connectivity index (χ3n) is 7.60. The van der Waals surface area contributed by atoms with Crippen molar-refractivity contribution in [1.29, 1.82) is 0 Å². The summed E-state index contributed by atoms with van der Waals surface area (Å²) >= 11 is 6.22. The Morgan fingerprint density at radius 1 is 0.957 bits per heavy atom. The van der Waals surface area contributed by atoms with Gasteiger partial charge in [-0.05, 0) is 54.1 Å². The molecule has 0 radical (unpaired) electrons. The highest BCUT2D eigenvalue weighted by molar-refractivity contribution is 7.91. The second kappa shape index (κ2) is 13.0. The summed E-state index contributed by atoms with van der Waals surface area (Å²) in [5.74, 6) is -0.601. The van der Waals surface area contributed by atoms with E-state index < -0.39 is 42.7 Å². The van der Waals surface area contributed by atoms with Gasteiger partial charge in [0.2, 0.25) is 10.0 Å². The predicted octanol–water partition coefficient (Wildman–Crippen LogP) is 4.77. The molecule has 47 heavy (non-hydrogen) atoms. The van der Waals surface area contributed by atoms with Crippen molar-refractivity contribution in [3.63, 3.8) is 0 Å². The number of hydrogen-bond donors (Lipinski definition) is 1. The van der Waals surface area contributed by atoms with Crippen LogP contribution in [0.1, 0.15) is 10.5 Å². The Balaban J connectivity index is 1.31. The van der Waals surface area contributed by atoms with Crippen molar-refractivity contribution in [3.8, 4) is 22.6 Å². The number of halogens is 1. The molecule has 0 bridgehead atoms. The lowest BCUT2D eigenvalue weighted by atomic mass is 10.1. The number of aromatic carboxylic acids is 1. The van der Waals surface area contributed by atoms with Crippen molar-refractivity contribution in [2.75, 3.05) is 33.4 Å². The minimum Gasteiger partial charge on any atom is -0.497 e. The fourth-order valence-corrected chi connectivity index (χ4v) is 8.94. The molecule has 0 spiro atoms. The molecule has 1 aliphatic rings. The van der Waals surface area contributed by atoms with E-state index in [0.29, 0.717) is 15.5 Å². The van der Waals surface area contributed by atoms with Gasteiger partial charge >= 0.3 is 5.97 Å². The lowest BCUT2D eigenvalue weighted by molar-refractivity contribution is -0.0249. The predicted molar refractivity (Wildman–Crippen MR) is 173 cm³/mol. The number of sulfonamides is 1.